The van der Waals surface area contributed by atoms with E-state index in [0.717, 1.165) is 13.3 Å². The molecule has 0 spiro atoms. The van der Waals surface area contributed by atoms with Crippen LogP contribution in [0.4, 0.5) is 13.2 Å². The van der Waals surface area contributed by atoms with Gasteiger partial charge in [-0.3, -0.25) is 4.79 Å². The van der Waals surface area contributed by atoms with Crippen LogP contribution in [-0.4, -0.2) is 36.4 Å². The smallest absolute Gasteiger partial charge is 0.368 e. The van der Waals surface area contributed by atoms with Crippen LogP contribution in [0.5, 0.6) is 0 Å². The highest BCUT2D eigenvalue weighted by atomic mass is 19.4. The van der Waals surface area contributed by atoms with Crippen LogP contribution in [0.25, 0.3) is 0 Å². The molecule has 118 valence electrons. The van der Waals surface area contributed by atoms with Gasteiger partial charge in [0.25, 0.3) is 0 Å². The molecule has 20 heavy (non-hydrogen) atoms. The van der Waals surface area contributed by atoms with Gasteiger partial charge in [0.1, 0.15) is 5.54 Å². The Labute approximate surface area is 117 Å². The van der Waals surface area contributed by atoms with Crippen molar-refractivity contribution in [1.82, 2.24) is 5.32 Å². The third-order valence-electron chi connectivity index (χ3n) is 3.75. The zero-order chi connectivity index (χ0) is 15.4. The standard InChI is InChI=1S/C13H23F3N2O2/c1-3-7-18-12(11(17)19)6-4-5-10(8-12)20-9(2)13(14,15)16/h9-10,18H,3-8H2,1-2H3,(H2,17,19). The van der Waals surface area contributed by atoms with Crippen LogP contribution < -0.4 is 11.1 Å². The summed E-state index contributed by atoms with van der Waals surface area (Å²) in [6, 6.07) is 0. The van der Waals surface area contributed by atoms with Gasteiger partial charge >= 0.3 is 6.18 Å². The molecule has 3 N–H and O–H groups in total. The molecule has 4 nitrogen and oxygen atoms in total. The van der Waals surface area contributed by atoms with Crippen molar-refractivity contribution in [2.24, 2.45) is 5.73 Å². The number of halogens is 3. The van der Waals surface area contributed by atoms with E-state index in [4.69, 9.17) is 10.5 Å². The van der Waals surface area contributed by atoms with E-state index in [-0.39, 0.29) is 6.42 Å². The number of primary amides is 1. The molecule has 3 atom stereocenters. The van der Waals surface area contributed by atoms with Gasteiger partial charge in [0.05, 0.1) is 6.10 Å². The lowest BCUT2D eigenvalue weighted by atomic mass is 9.79. The number of ether oxygens (including phenoxy) is 1. The number of hydrogen-bond acceptors (Lipinski definition) is 3. The molecule has 1 amide bonds. The summed E-state index contributed by atoms with van der Waals surface area (Å²) in [5, 5.41) is 3.09. The van der Waals surface area contributed by atoms with Gasteiger partial charge in [-0.1, -0.05) is 6.92 Å². The Morgan fingerprint density at radius 1 is 1.55 bits per heavy atom. The number of carbonyl (C=O) groups excluding carboxylic acids is 1. The minimum atomic E-state index is -4.39. The van der Waals surface area contributed by atoms with E-state index in [2.05, 4.69) is 5.32 Å². The van der Waals surface area contributed by atoms with Crippen LogP contribution in [0, 0.1) is 0 Å². The van der Waals surface area contributed by atoms with Crippen molar-refractivity contribution in [3.05, 3.63) is 0 Å². The molecule has 0 heterocycles. The summed E-state index contributed by atoms with van der Waals surface area (Å²) in [6.07, 6.45) is -4.12. The first kappa shape index (κ1) is 17.2. The summed E-state index contributed by atoms with van der Waals surface area (Å²) >= 11 is 0. The number of nitrogens with two attached hydrogens (primary N) is 1. The van der Waals surface area contributed by atoms with Crippen molar-refractivity contribution < 1.29 is 22.7 Å². The van der Waals surface area contributed by atoms with Crippen molar-refractivity contribution >= 4 is 5.91 Å². The molecular formula is C13H23F3N2O2. The highest BCUT2D eigenvalue weighted by Crippen LogP contribution is 2.33. The summed E-state index contributed by atoms with van der Waals surface area (Å²) in [5.41, 5.74) is 4.50. The third-order valence-corrected chi connectivity index (χ3v) is 3.75. The molecule has 1 fully saturated rings. The number of alkyl halides is 3. The number of hydrogen-bond donors (Lipinski definition) is 2. The number of nitrogens with one attached hydrogen (secondary N) is 1. The lowest BCUT2D eigenvalue weighted by Crippen LogP contribution is -2.59. The summed E-state index contributed by atoms with van der Waals surface area (Å²) < 4.78 is 42.6. The van der Waals surface area contributed by atoms with Crippen molar-refractivity contribution in [3.63, 3.8) is 0 Å². The summed E-state index contributed by atoms with van der Waals surface area (Å²) in [5.74, 6) is -0.515. The maximum atomic E-state index is 12.5. The van der Waals surface area contributed by atoms with E-state index < -0.39 is 29.8 Å². The van der Waals surface area contributed by atoms with Crippen molar-refractivity contribution in [2.75, 3.05) is 6.54 Å². The van der Waals surface area contributed by atoms with Crippen LogP contribution in [0.2, 0.25) is 0 Å². The Balaban J connectivity index is 2.70. The molecule has 0 aliphatic heterocycles. The first-order valence-electron chi connectivity index (χ1n) is 6.98. The molecule has 1 aliphatic rings. The van der Waals surface area contributed by atoms with Crippen molar-refractivity contribution in [3.8, 4) is 0 Å². The van der Waals surface area contributed by atoms with Crippen LogP contribution in [0.3, 0.4) is 0 Å². The number of carbonyl (C=O) groups is 1. The zero-order valence-electron chi connectivity index (χ0n) is 11.9. The van der Waals surface area contributed by atoms with Gasteiger partial charge in [-0.05, 0) is 39.2 Å². The Morgan fingerprint density at radius 2 is 2.20 bits per heavy atom. The second kappa shape index (κ2) is 6.76. The van der Waals surface area contributed by atoms with Gasteiger partial charge < -0.3 is 15.8 Å². The Hall–Kier alpha value is -0.820. The second-order valence-electron chi connectivity index (χ2n) is 5.41. The van der Waals surface area contributed by atoms with Crippen molar-refractivity contribution in [1.29, 1.82) is 0 Å². The van der Waals surface area contributed by atoms with E-state index in [0.29, 0.717) is 25.8 Å². The minimum Gasteiger partial charge on any atom is -0.368 e. The van der Waals surface area contributed by atoms with E-state index in [9.17, 15) is 18.0 Å². The van der Waals surface area contributed by atoms with Gasteiger partial charge in [0.15, 0.2) is 6.10 Å². The normalized spacial score (nSPS) is 29.1. The monoisotopic (exact) mass is 296 g/mol. The fraction of sp³-hybridized carbons (Fsp3) is 0.923. The number of amides is 1. The lowest BCUT2D eigenvalue weighted by molar-refractivity contribution is -0.231. The van der Waals surface area contributed by atoms with E-state index in [1.54, 1.807) is 0 Å². The first-order valence-corrected chi connectivity index (χ1v) is 6.98. The van der Waals surface area contributed by atoms with Crippen LogP contribution in [0.1, 0.15) is 46.0 Å². The summed E-state index contributed by atoms with van der Waals surface area (Å²) in [6.45, 7) is 3.54. The topological polar surface area (TPSA) is 64.3 Å². The molecule has 0 radical (unpaired) electrons. The Bertz CT molecular complexity index is 336. The van der Waals surface area contributed by atoms with Gasteiger partial charge in [0, 0.05) is 6.42 Å². The summed E-state index contributed by atoms with van der Waals surface area (Å²) in [4.78, 5) is 11.7. The Morgan fingerprint density at radius 3 is 2.70 bits per heavy atom. The molecule has 0 saturated heterocycles. The predicted molar refractivity (Wildman–Crippen MR) is 69.1 cm³/mol. The van der Waals surface area contributed by atoms with Crippen LogP contribution in [-0.2, 0) is 9.53 Å². The van der Waals surface area contributed by atoms with E-state index in [1.807, 2.05) is 6.92 Å². The molecule has 1 rings (SSSR count). The largest absolute Gasteiger partial charge is 0.414 e. The molecule has 0 aromatic carbocycles. The minimum absolute atomic E-state index is 0.197. The first-order chi connectivity index (χ1) is 9.21. The average molecular weight is 296 g/mol. The highest BCUT2D eigenvalue weighted by molar-refractivity contribution is 5.84. The van der Waals surface area contributed by atoms with Crippen LogP contribution >= 0.6 is 0 Å². The molecular weight excluding hydrogens is 273 g/mol. The summed E-state index contributed by atoms with van der Waals surface area (Å²) in [7, 11) is 0. The molecule has 0 bridgehead atoms. The Kier molecular flexibility index (Phi) is 5.82. The fourth-order valence-corrected chi connectivity index (χ4v) is 2.54. The molecule has 0 aromatic heterocycles. The van der Waals surface area contributed by atoms with Crippen molar-refractivity contribution in [2.45, 2.75) is 69.9 Å². The quantitative estimate of drug-likeness (QED) is 0.789. The fourth-order valence-electron chi connectivity index (χ4n) is 2.54. The third kappa shape index (κ3) is 4.34. The lowest BCUT2D eigenvalue weighted by Gasteiger charge is -2.40. The van der Waals surface area contributed by atoms with Gasteiger partial charge in [0.2, 0.25) is 5.91 Å². The maximum absolute atomic E-state index is 12.5. The molecule has 7 heteroatoms. The zero-order valence-corrected chi connectivity index (χ0v) is 11.9. The SMILES string of the molecule is CCCNC1(C(N)=O)CCCC(OC(C)C(F)(F)F)C1. The van der Waals surface area contributed by atoms with E-state index in [1.165, 1.54) is 0 Å². The van der Waals surface area contributed by atoms with Gasteiger partial charge in [-0.2, -0.15) is 13.2 Å². The number of rotatable bonds is 6. The average Bonchev–Trinajstić information content (AvgIpc) is 2.35. The molecule has 0 aromatic rings. The van der Waals surface area contributed by atoms with Gasteiger partial charge in [-0.15, -0.1) is 0 Å². The van der Waals surface area contributed by atoms with Crippen LogP contribution in [0.15, 0.2) is 0 Å². The second-order valence-corrected chi connectivity index (χ2v) is 5.41. The molecule has 1 saturated carbocycles. The van der Waals surface area contributed by atoms with E-state index >= 15 is 0 Å². The predicted octanol–water partition coefficient (Wildman–Crippen LogP) is 2.12. The molecule has 3 unspecified atom stereocenters. The highest BCUT2D eigenvalue weighted by Gasteiger charge is 2.44. The molecule has 1 aliphatic carbocycles. The maximum Gasteiger partial charge on any atom is 0.414 e. The van der Waals surface area contributed by atoms with Gasteiger partial charge in [-0.25, -0.2) is 0 Å².